The van der Waals surface area contributed by atoms with Crippen LogP contribution >= 0.6 is 23.2 Å². The molecule has 9 heteroatoms. The van der Waals surface area contributed by atoms with E-state index in [0.29, 0.717) is 21.3 Å². The van der Waals surface area contributed by atoms with E-state index >= 15 is 0 Å². The number of nitrogens with zero attached hydrogens (tertiary/aromatic N) is 2. The summed E-state index contributed by atoms with van der Waals surface area (Å²) >= 11 is 12.6. The average Bonchev–Trinajstić information content (AvgIpc) is 3.23. The number of amides is 2. The van der Waals surface area contributed by atoms with Crippen LogP contribution in [0.4, 0.5) is 21.9 Å². The Morgan fingerprint density at radius 1 is 1.26 bits per heavy atom. The monoisotopic (exact) mass is 461 g/mol. The van der Waals surface area contributed by atoms with Crippen LogP contribution in [0.2, 0.25) is 10.0 Å². The van der Waals surface area contributed by atoms with Crippen LogP contribution in [0, 0.1) is 12.3 Å². The molecule has 31 heavy (non-hydrogen) atoms. The maximum atomic E-state index is 13.5. The molecule has 3 heterocycles. The third-order valence-corrected chi connectivity index (χ3v) is 6.15. The van der Waals surface area contributed by atoms with Gasteiger partial charge in [0.05, 0.1) is 27.1 Å². The molecule has 0 fully saturated rings. The number of hydrogen-bond acceptors (Lipinski definition) is 5. The van der Waals surface area contributed by atoms with Gasteiger partial charge in [0.15, 0.2) is 6.29 Å². The fourth-order valence-corrected chi connectivity index (χ4v) is 3.89. The second-order valence-corrected chi connectivity index (χ2v) is 9.62. The van der Waals surface area contributed by atoms with Crippen LogP contribution in [0.3, 0.4) is 0 Å². The van der Waals surface area contributed by atoms with Gasteiger partial charge in [-0.05, 0) is 37.5 Å². The minimum Gasteiger partial charge on any atom is -0.461 e. The third-order valence-electron chi connectivity index (χ3n) is 5.58. The van der Waals surface area contributed by atoms with Crippen molar-refractivity contribution in [2.45, 2.75) is 47.0 Å². The number of nitrogens with one attached hydrogen (secondary N) is 3. The summed E-state index contributed by atoms with van der Waals surface area (Å²) in [6.45, 7) is 10.1. The molecule has 0 radical (unpaired) electrons. The zero-order valence-corrected chi connectivity index (χ0v) is 19.5. The van der Waals surface area contributed by atoms with Crippen molar-refractivity contribution >= 4 is 57.3 Å². The average molecular weight is 462 g/mol. The number of benzene rings is 1. The smallest absolute Gasteiger partial charge is 0.325 e. The number of furan rings is 1. The zero-order chi connectivity index (χ0) is 22.5. The molecule has 2 aromatic heterocycles. The molecule has 0 saturated heterocycles. The lowest BCUT2D eigenvalue weighted by Crippen LogP contribution is -2.54. The molecule has 1 aromatic carbocycles. The Morgan fingerprint density at radius 3 is 2.58 bits per heavy atom. The number of aromatic nitrogens is 1. The van der Waals surface area contributed by atoms with E-state index in [4.69, 9.17) is 27.6 Å². The van der Waals surface area contributed by atoms with E-state index in [1.165, 1.54) is 12.4 Å². The zero-order valence-electron chi connectivity index (χ0n) is 18.0. The number of fused-ring (bicyclic) bond motifs is 3. The molecule has 2 unspecified atom stereocenters. The first-order valence-corrected chi connectivity index (χ1v) is 10.8. The Kier molecular flexibility index (Phi) is 5.43. The molecule has 2 amide bonds. The summed E-state index contributed by atoms with van der Waals surface area (Å²) in [6.07, 6.45) is 2.38. The number of anilines is 3. The largest absolute Gasteiger partial charge is 0.461 e. The summed E-state index contributed by atoms with van der Waals surface area (Å²) in [4.78, 5) is 19.1. The Balaban J connectivity index is 1.77. The first-order chi connectivity index (χ1) is 14.6. The molecule has 3 aromatic rings. The SMILES string of the molecule is Cc1cc2c3c(ccc2o1)NC(Nc1c(Cl)cncc1Cl)N3C(=O)NC(C)C(C)(C)C. The molecule has 2 atom stereocenters. The topological polar surface area (TPSA) is 82.4 Å². The summed E-state index contributed by atoms with van der Waals surface area (Å²) in [5, 5.41) is 11.3. The molecule has 0 aliphatic carbocycles. The maximum absolute atomic E-state index is 13.5. The first kappa shape index (κ1) is 21.6. The van der Waals surface area contributed by atoms with Crippen LogP contribution in [0.15, 0.2) is 35.0 Å². The lowest BCUT2D eigenvalue weighted by molar-refractivity contribution is 0.227. The predicted octanol–water partition coefficient (Wildman–Crippen LogP) is 6.21. The standard InChI is InChI=1S/C22H25Cl2N5O2/c1-11-8-13-17(31-11)7-6-16-19(13)29(21(30)26-12(2)22(3,4)5)20(27-16)28-18-14(23)9-25-10-15(18)24/h6-10,12,20,27H,1-5H3,(H,25,28)(H,26,30). The van der Waals surface area contributed by atoms with Crippen molar-refractivity contribution < 1.29 is 9.21 Å². The van der Waals surface area contributed by atoms with Crippen molar-refractivity contribution in [3.8, 4) is 0 Å². The van der Waals surface area contributed by atoms with Gasteiger partial charge in [-0.3, -0.25) is 9.88 Å². The molecule has 1 aliphatic rings. The Hall–Kier alpha value is -2.64. The van der Waals surface area contributed by atoms with Crippen molar-refractivity contribution in [3.05, 3.63) is 46.4 Å². The lowest BCUT2D eigenvalue weighted by Gasteiger charge is -2.32. The maximum Gasteiger partial charge on any atom is 0.325 e. The summed E-state index contributed by atoms with van der Waals surface area (Å²) in [6, 6.07) is 5.39. The van der Waals surface area contributed by atoms with Gasteiger partial charge in [-0.15, -0.1) is 0 Å². The van der Waals surface area contributed by atoms with E-state index in [9.17, 15) is 4.79 Å². The highest BCUT2D eigenvalue weighted by atomic mass is 35.5. The van der Waals surface area contributed by atoms with Crippen molar-refractivity contribution in [1.82, 2.24) is 10.3 Å². The van der Waals surface area contributed by atoms with Gasteiger partial charge in [0.25, 0.3) is 0 Å². The lowest BCUT2D eigenvalue weighted by atomic mass is 9.88. The van der Waals surface area contributed by atoms with Gasteiger partial charge in [0.2, 0.25) is 0 Å². The number of aryl methyl sites for hydroxylation is 1. The second-order valence-electron chi connectivity index (χ2n) is 8.81. The second kappa shape index (κ2) is 7.80. The molecule has 164 valence electrons. The molecule has 3 N–H and O–H groups in total. The van der Waals surface area contributed by atoms with Gasteiger partial charge < -0.3 is 20.4 Å². The number of hydrogen-bond donors (Lipinski definition) is 3. The molecule has 4 rings (SSSR count). The van der Waals surface area contributed by atoms with Crippen molar-refractivity contribution in [1.29, 1.82) is 0 Å². The first-order valence-electron chi connectivity index (χ1n) is 10.0. The third kappa shape index (κ3) is 4.00. The van der Waals surface area contributed by atoms with E-state index in [1.54, 1.807) is 4.90 Å². The van der Waals surface area contributed by atoms with Gasteiger partial charge in [-0.1, -0.05) is 44.0 Å². The van der Waals surface area contributed by atoms with E-state index in [2.05, 4.69) is 41.7 Å². The van der Waals surface area contributed by atoms with E-state index in [1.807, 2.05) is 32.0 Å². The summed E-state index contributed by atoms with van der Waals surface area (Å²) in [5.74, 6) is 0.767. The molecule has 0 spiro atoms. The van der Waals surface area contributed by atoms with Crippen molar-refractivity contribution in [2.24, 2.45) is 5.41 Å². The van der Waals surface area contributed by atoms with Crippen molar-refractivity contribution in [3.63, 3.8) is 0 Å². The van der Waals surface area contributed by atoms with E-state index in [-0.39, 0.29) is 17.5 Å². The van der Waals surface area contributed by atoms with Crippen LogP contribution < -0.4 is 20.9 Å². The number of carbonyl (C=O) groups excluding carboxylic acids is 1. The van der Waals surface area contributed by atoms with Crippen LogP contribution in [-0.4, -0.2) is 23.3 Å². The van der Waals surface area contributed by atoms with Gasteiger partial charge >= 0.3 is 6.03 Å². The highest BCUT2D eigenvalue weighted by Crippen LogP contribution is 2.43. The van der Waals surface area contributed by atoms with Crippen molar-refractivity contribution in [2.75, 3.05) is 15.5 Å². The highest BCUT2D eigenvalue weighted by molar-refractivity contribution is 6.38. The van der Waals surface area contributed by atoms with E-state index in [0.717, 1.165) is 22.5 Å². The van der Waals surface area contributed by atoms with Crippen LogP contribution in [0.1, 0.15) is 33.5 Å². The minimum absolute atomic E-state index is 0.0666. The number of urea groups is 1. The molecular formula is C22H25Cl2N5O2. The molecule has 0 saturated carbocycles. The molecule has 7 nitrogen and oxygen atoms in total. The van der Waals surface area contributed by atoms with Gasteiger partial charge in [-0.25, -0.2) is 4.79 Å². The molecule has 1 aliphatic heterocycles. The Morgan fingerprint density at radius 2 is 1.94 bits per heavy atom. The van der Waals surface area contributed by atoms with Gasteiger partial charge in [0.1, 0.15) is 11.3 Å². The molecule has 0 bridgehead atoms. The number of carbonyl (C=O) groups is 1. The van der Waals surface area contributed by atoms with E-state index < -0.39 is 6.29 Å². The summed E-state index contributed by atoms with van der Waals surface area (Å²) < 4.78 is 5.79. The highest BCUT2D eigenvalue weighted by Gasteiger charge is 2.37. The van der Waals surface area contributed by atoms with Gasteiger partial charge in [-0.2, -0.15) is 0 Å². The predicted molar refractivity (Wildman–Crippen MR) is 126 cm³/mol. The quantitative estimate of drug-likeness (QED) is 0.431. The van der Waals surface area contributed by atoms with Crippen LogP contribution in [-0.2, 0) is 0 Å². The van der Waals surface area contributed by atoms with Gasteiger partial charge in [0, 0.05) is 23.8 Å². The number of pyridine rings is 1. The number of halogens is 2. The molecular weight excluding hydrogens is 437 g/mol. The summed E-state index contributed by atoms with van der Waals surface area (Å²) in [7, 11) is 0. The summed E-state index contributed by atoms with van der Waals surface area (Å²) in [5.41, 5.74) is 2.62. The number of rotatable bonds is 3. The van der Waals surface area contributed by atoms with Crippen LogP contribution in [0.5, 0.6) is 0 Å². The Labute approximate surface area is 191 Å². The normalized spacial score (nSPS) is 16.7. The fourth-order valence-electron chi connectivity index (χ4n) is 3.42. The van der Waals surface area contributed by atoms with Crippen LogP contribution in [0.25, 0.3) is 11.0 Å². The Bertz CT molecular complexity index is 1130. The fraction of sp³-hybridized carbons (Fsp3) is 0.364. The minimum atomic E-state index is -0.625.